The number of likely N-dealkylation sites (N-methyl/N-ethyl adjacent to an activating group) is 1. The van der Waals surface area contributed by atoms with Gasteiger partial charge in [-0.15, -0.1) is 0 Å². The molecule has 6 unspecified atom stereocenters. The summed E-state index contributed by atoms with van der Waals surface area (Å²) in [6, 6.07) is 13.0. The van der Waals surface area contributed by atoms with E-state index in [4.69, 9.17) is 9.73 Å². The molecule has 5 aliphatic rings. The third-order valence-corrected chi connectivity index (χ3v) is 8.99. The third-order valence-electron chi connectivity index (χ3n) is 8.99. The Hall–Kier alpha value is -2.99. The van der Waals surface area contributed by atoms with E-state index in [-0.39, 0.29) is 5.54 Å². The summed E-state index contributed by atoms with van der Waals surface area (Å²) in [5, 5.41) is 3.98. The van der Waals surface area contributed by atoms with E-state index in [1.165, 1.54) is 29.3 Å². The molecule has 5 heterocycles. The highest BCUT2D eigenvalue weighted by Gasteiger charge is 2.53. The number of fused-ring (bicyclic) bond motifs is 7. The molecule has 1 aromatic carbocycles. The van der Waals surface area contributed by atoms with Gasteiger partial charge in [-0.1, -0.05) is 24.3 Å². The zero-order valence-electron chi connectivity index (χ0n) is 20.7. The number of amidine groups is 1. The molecule has 2 saturated heterocycles. The van der Waals surface area contributed by atoms with Gasteiger partial charge in [-0.3, -0.25) is 9.89 Å². The van der Waals surface area contributed by atoms with Gasteiger partial charge in [0, 0.05) is 49.6 Å². The van der Waals surface area contributed by atoms with Gasteiger partial charge in [0.05, 0.1) is 36.1 Å². The van der Waals surface area contributed by atoms with Crippen molar-refractivity contribution in [2.45, 2.75) is 68.7 Å². The normalized spacial score (nSPS) is 34.2. The molecular weight excluding hydrogens is 434 g/mol. The number of methoxy groups -OCH3 is 1. The van der Waals surface area contributed by atoms with Crippen LogP contribution in [0.5, 0.6) is 5.75 Å². The molecule has 6 nitrogen and oxygen atoms in total. The van der Waals surface area contributed by atoms with Crippen LogP contribution in [-0.4, -0.2) is 64.6 Å². The summed E-state index contributed by atoms with van der Waals surface area (Å²) in [7, 11) is 1.74. The smallest absolute Gasteiger partial charge is 0.121 e. The second-order valence-electron chi connectivity index (χ2n) is 10.7. The van der Waals surface area contributed by atoms with Crippen LogP contribution >= 0.6 is 0 Å². The standard InChI is InChI=1S/C29H35N5O/c1-3-32-21-8-5-4-7-20(17-21)30-28(32)19-26-25-12-13-29(14-16-33(25)26)27-9-6-15-34(27)24-11-10-22(35-2)18-23(24)31-29/h4-11,15,18,20-21,25-26,31H,3,12-14,16-17,19H2,1-2H3. The topological polar surface area (TPSA) is 44.8 Å². The summed E-state index contributed by atoms with van der Waals surface area (Å²) in [6.07, 6.45) is 16.9. The van der Waals surface area contributed by atoms with E-state index in [2.05, 4.69) is 87.4 Å². The quantitative estimate of drug-likeness (QED) is 0.658. The first-order valence-corrected chi connectivity index (χ1v) is 13.3. The molecule has 35 heavy (non-hydrogen) atoms. The van der Waals surface area contributed by atoms with Crippen molar-refractivity contribution >= 4 is 11.5 Å². The van der Waals surface area contributed by atoms with Crippen molar-refractivity contribution < 1.29 is 4.74 Å². The van der Waals surface area contributed by atoms with E-state index >= 15 is 0 Å². The van der Waals surface area contributed by atoms with Gasteiger partial charge in [0.1, 0.15) is 11.6 Å². The molecule has 6 atom stereocenters. The average Bonchev–Trinajstić information content (AvgIpc) is 3.41. The fourth-order valence-electron chi connectivity index (χ4n) is 7.16. The fraction of sp³-hybridized carbons (Fsp3) is 0.483. The number of hydrogen-bond donors (Lipinski definition) is 1. The lowest BCUT2D eigenvalue weighted by molar-refractivity contribution is 0.317. The molecular formula is C29H35N5O. The first-order valence-electron chi connectivity index (χ1n) is 13.3. The summed E-state index contributed by atoms with van der Waals surface area (Å²) >= 11 is 0. The average molecular weight is 470 g/mol. The van der Waals surface area contributed by atoms with Gasteiger partial charge in [0.15, 0.2) is 0 Å². The number of benzene rings is 1. The maximum atomic E-state index is 5.53. The van der Waals surface area contributed by atoms with Crippen LogP contribution in [0.4, 0.5) is 5.69 Å². The SMILES string of the molecule is CCN1C(CC2C3CCC4(CCN32)Nc2cc(OC)ccc2-n2cccc24)=NC2C=CC=CC1C2. The van der Waals surface area contributed by atoms with Gasteiger partial charge < -0.3 is 19.5 Å². The maximum Gasteiger partial charge on any atom is 0.121 e. The van der Waals surface area contributed by atoms with Crippen molar-refractivity contribution in [2.24, 2.45) is 4.99 Å². The van der Waals surface area contributed by atoms with Crippen LogP contribution in [0.3, 0.4) is 0 Å². The number of nitrogens with zero attached hydrogens (tertiary/aromatic N) is 4. The molecule has 1 N–H and O–H groups in total. The number of hydrogen-bond acceptors (Lipinski definition) is 5. The van der Waals surface area contributed by atoms with Crippen LogP contribution in [0.1, 0.15) is 44.7 Å². The highest BCUT2D eigenvalue weighted by atomic mass is 16.5. The molecule has 2 aromatic rings. The van der Waals surface area contributed by atoms with Crippen LogP contribution in [0.25, 0.3) is 5.69 Å². The van der Waals surface area contributed by atoms with Crippen molar-refractivity contribution in [2.75, 3.05) is 25.5 Å². The van der Waals surface area contributed by atoms with Crippen LogP contribution < -0.4 is 10.1 Å². The molecule has 4 aliphatic heterocycles. The zero-order chi connectivity index (χ0) is 23.6. The van der Waals surface area contributed by atoms with Crippen molar-refractivity contribution in [1.82, 2.24) is 14.4 Å². The highest BCUT2D eigenvalue weighted by Crippen LogP contribution is 2.49. The van der Waals surface area contributed by atoms with Gasteiger partial charge in [0.2, 0.25) is 0 Å². The summed E-state index contributed by atoms with van der Waals surface area (Å²) < 4.78 is 7.92. The van der Waals surface area contributed by atoms with E-state index in [1.807, 2.05) is 0 Å². The minimum Gasteiger partial charge on any atom is -0.497 e. The molecule has 7 rings (SSSR count). The van der Waals surface area contributed by atoms with E-state index in [0.29, 0.717) is 24.2 Å². The molecule has 0 amide bonds. The number of aliphatic imine (C=N–C) groups is 1. The Morgan fingerprint density at radius 2 is 2.09 bits per heavy atom. The fourth-order valence-corrected chi connectivity index (χ4v) is 7.16. The van der Waals surface area contributed by atoms with Crippen molar-refractivity contribution in [3.63, 3.8) is 0 Å². The molecule has 182 valence electrons. The molecule has 0 saturated carbocycles. The number of anilines is 1. The molecule has 6 heteroatoms. The van der Waals surface area contributed by atoms with Crippen LogP contribution in [0, 0.1) is 0 Å². The largest absolute Gasteiger partial charge is 0.497 e. The van der Waals surface area contributed by atoms with Gasteiger partial charge in [-0.2, -0.15) is 0 Å². The summed E-state index contributed by atoms with van der Waals surface area (Å²) in [5.41, 5.74) is 3.76. The Labute approximate surface area is 208 Å². The Morgan fingerprint density at radius 3 is 2.97 bits per heavy atom. The number of allylic oxidation sites excluding steroid dienone is 2. The maximum absolute atomic E-state index is 5.53. The predicted octanol–water partition coefficient (Wildman–Crippen LogP) is 4.72. The van der Waals surface area contributed by atoms with Crippen LogP contribution in [-0.2, 0) is 5.54 Å². The van der Waals surface area contributed by atoms with E-state index < -0.39 is 0 Å². The first kappa shape index (κ1) is 21.3. The molecule has 1 spiro atoms. The lowest BCUT2D eigenvalue weighted by atomic mass is 9.83. The van der Waals surface area contributed by atoms with Gasteiger partial charge >= 0.3 is 0 Å². The summed E-state index contributed by atoms with van der Waals surface area (Å²) in [6.45, 7) is 4.43. The molecule has 2 bridgehead atoms. The molecule has 0 radical (unpaired) electrons. The zero-order valence-corrected chi connectivity index (χ0v) is 20.7. The number of aromatic nitrogens is 1. The van der Waals surface area contributed by atoms with E-state index in [1.54, 1.807) is 7.11 Å². The van der Waals surface area contributed by atoms with E-state index in [9.17, 15) is 0 Å². The highest BCUT2D eigenvalue weighted by molar-refractivity contribution is 5.85. The van der Waals surface area contributed by atoms with Crippen LogP contribution in [0.15, 0.2) is 65.8 Å². The van der Waals surface area contributed by atoms with Gasteiger partial charge in [-0.25, -0.2) is 0 Å². The Morgan fingerprint density at radius 1 is 1.17 bits per heavy atom. The number of ether oxygens (including phenoxy) is 1. The molecule has 2 fully saturated rings. The minimum absolute atomic E-state index is 0.0246. The Kier molecular flexibility index (Phi) is 4.88. The summed E-state index contributed by atoms with van der Waals surface area (Å²) in [4.78, 5) is 10.5. The molecule has 1 aromatic heterocycles. The minimum atomic E-state index is -0.0246. The van der Waals surface area contributed by atoms with Gasteiger partial charge in [0.25, 0.3) is 0 Å². The molecule has 1 aliphatic carbocycles. The predicted molar refractivity (Wildman–Crippen MR) is 141 cm³/mol. The monoisotopic (exact) mass is 469 g/mol. The van der Waals surface area contributed by atoms with Crippen LogP contribution in [0.2, 0.25) is 0 Å². The van der Waals surface area contributed by atoms with E-state index in [0.717, 1.165) is 44.5 Å². The summed E-state index contributed by atoms with van der Waals surface area (Å²) in [5.74, 6) is 2.23. The Bertz CT molecular complexity index is 1210. The van der Waals surface area contributed by atoms with Crippen molar-refractivity contribution in [1.29, 1.82) is 0 Å². The van der Waals surface area contributed by atoms with Crippen molar-refractivity contribution in [3.8, 4) is 11.4 Å². The van der Waals surface area contributed by atoms with Gasteiger partial charge in [-0.05, 0) is 56.9 Å². The second kappa shape index (κ2) is 8.02. The van der Waals surface area contributed by atoms with Crippen molar-refractivity contribution in [3.05, 3.63) is 66.5 Å². The first-order chi connectivity index (χ1) is 17.2. The second-order valence-corrected chi connectivity index (χ2v) is 10.7. The lowest BCUT2D eigenvalue weighted by Crippen LogP contribution is -2.45. The Balaban J connectivity index is 1.10. The number of nitrogens with one attached hydrogen (secondary N) is 1. The lowest BCUT2D eigenvalue weighted by Gasteiger charge is -2.41. The number of rotatable bonds is 4. The third kappa shape index (κ3) is 3.37.